The highest BCUT2D eigenvalue weighted by Crippen LogP contribution is 2.48. The molecule has 1 amide bonds. The summed E-state index contributed by atoms with van der Waals surface area (Å²) in [6, 6.07) is 8.18. The first-order chi connectivity index (χ1) is 9.56. The maximum absolute atomic E-state index is 12.7. The summed E-state index contributed by atoms with van der Waals surface area (Å²) >= 11 is 3.47. The predicted molar refractivity (Wildman–Crippen MR) is 90.2 cm³/mol. The van der Waals surface area contributed by atoms with Gasteiger partial charge in [-0.3, -0.25) is 4.79 Å². The topological polar surface area (TPSA) is 46.3 Å². The van der Waals surface area contributed by atoms with Crippen LogP contribution in [-0.4, -0.2) is 23.9 Å². The number of hydrogen-bond donors (Lipinski definition) is 1. The Bertz CT molecular complexity index is 523. The average molecular weight is 374 g/mol. The van der Waals surface area contributed by atoms with Crippen LogP contribution in [0.15, 0.2) is 28.7 Å². The Morgan fingerprint density at radius 3 is 2.71 bits per heavy atom. The number of amides is 1. The van der Waals surface area contributed by atoms with Crippen LogP contribution in [0.4, 0.5) is 0 Å². The highest BCUT2D eigenvalue weighted by atomic mass is 79.9. The maximum Gasteiger partial charge on any atom is 0.227 e. The van der Waals surface area contributed by atoms with Crippen LogP contribution in [0.2, 0.25) is 0 Å². The minimum Gasteiger partial charge on any atom is -0.341 e. The minimum absolute atomic E-state index is 0. The molecule has 0 saturated heterocycles. The Hall–Kier alpha value is -0.580. The summed E-state index contributed by atoms with van der Waals surface area (Å²) in [7, 11) is 1.89. The van der Waals surface area contributed by atoms with Crippen LogP contribution in [0.25, 0.3) is 0 Å². The Labute approximate surface area is 140 Å². The quantitative estimate of drug-likeness (QED) is 0.884. The average Bonchev–Trinajstić information content (AvgIpc) is 2.98. The monoisotopic (exact) mass is 372 g/mol. The van der Waals surface area contributed by atoms with Gasteiger partial charge in [0.05, 0.1) is 5.92 Å². The third-order valence-electron chi connectivity index (χ3n) is 4.95. The third-order valence-corrected chi connectivity index (χ3v) is 5.44. The van der Waals surface area contributed by atoms with Crippen molar-refractivity contribution in [1.29, 1.82) is 0 Å². The number of benzene rings is 1. The van der Waals surface area contributed by atoms with Crippen LogP contribution in [0, 0.1) is 17.8 Å². The molecule has 0 aliphatic heterocycles. The number of nitrogens with zero attached hydrogens (tertiary/aromatic N) is 1. The molecule has 0 radical (unpaired) electrons. The summed E-state index contributed by atoms with van der Waals surface area (Å²) in [4.78, 5) is 14.5. The van der Waals surface area contributed by atoms with Gasteiger partial charge in [0.2, 0.25) is 5.91 Å². The van der Waals surface area contributed by atoms with Crippen LogP contribution in [-0.2, 0) is 11.3 Å². The molecular weight excluding hydrogens is 352 g/mol. The zero-order valence-corrected chi connectivity index (χ0v) is 14.6. The van der Waals surface area contributed by atoms with E-state index in [9.17, 15) is 4.79 Å². The van der Waals surface area contributed by atoms with Gasteiger partial charge in [-0.25, -0.2) is 0 Å². The van der Waals surface area contributed by atoms with E-state index in [1.807, 2.05) is 24.1 Å². The molecule has 0 heterocycles. The fraction of sp³-hybridized carbons (Fsp3) is 0.562. The molecule has 2 fully saturated rings. The van der Waals surface area contributed by atoms with Crippen LogP contribution >= 0.6 is 28.3 Å². The molecule has 4 atom stereocenters. The van der Waals surface area contributed by atoms with Crippen molar-refractivity contribution in [3.8, 4) is 0 Å². The van der Waals surface area contributed by atoms with Gasteiger partial charge in [-0.1, -0.05) is 28.1 Å². The number of nitrogens with two attached hydrogens (primary N) is 1. The van der Waals surface area contributed by atoms with Crippen molar-refractivity contribution in [1.82, 2.24) is 4.90 Å². The number of carbonyl (C=O) groups excluding carboxylic acids is 1. The van der Waals surface area contributed by atoms with E-state index in [2.05, 4.69) is 28.1 Å². The summed E-state index contributed by atoms with van der Waals surface area (Å²) < 4.78 is 1.05. The molecule has 4 unspecified atom stereocenters. The van der Waals surface area contributed by atoms with E-state index < -0.39 is 0 Å². The second-order valence-corrected chi connectivity index (χ2v) is 7.18. The number of halogens is 2. The third kappa shape index (κ3) is 3.27. The molecule has 2 bridgehead atoms. The summed E-state index contributed by atoms with van der Waals surface area (Å²) in [5.41, 5.74) is 7.41. The standard InChI is InChI=1S/C16H21BrN2O.ClH/c1-19(9-10-3-2-4-13(17)7-10)16(20)14-11-5-6-12(8-11)15(14)18;/h2-4,7,11-12,14-15H,5-6,8-9,18H2,1H3;1H. The Morgan fingerprint density at radius 1 is 1.38 bits per heavy atom. The molecule has 2 aliphatic rings. The maximum atomic E-state index is 12.7. The fourth-order valence-electron chi connectivity index (χ4n) is 3.94. The summed E-state index contributed by atoms with van der Waals surface area (Å²) in [6.45, 7) is 0.652. The van der Waals surface area contributed by atoms with Crippen molar-refractivity contribution in [2.45, 2.75) is 31.8 Å². The first-order valence-corrected chi connectivity index (χ1v) is 8.10. The largest absolute Gasteiger partial charge is 0.341 e. The molecule has 1 aromatic rings. The van der Waals surface area contributed by atoms with Gasteiger partial charge in [0.1, 0.15) is 0 Å². The van der Waals surface area contributed by atoms with Crippen molar-refractivity contribution < 1.29 is 4.79 Å². The fourth-order valence-corrected chi connectivity index (χ4v) is 4.39. The Balaban J connectivity index is 0.00000161. The SMILES string of the molecule is CN(Cc1cccc(Br)c1)C(=O)C1C2CCC(C2)C1N.Cl. The second-order valence-electron chi connectivity index (χ2n) is 6.26. The van der Waals surface area contributed by atoms with E-state index in [0.717, 1.165) is 16.5 Å². The van der Waals surface area contributed by atoms with Gasteiger partial charge in [-0.2, -0.15) is 0 Å². The molecular formula is C16H22BrClN2O. The molecule has 1 aromatic carbocycles. The summed E-state index contributed by atoms with van der Waals surface area (Å²) in [6.07, 6.45) is 3.55. The minimum atomic E-state index is 0. The first-order valence-electron chi connectivity index (χ1n) is 7.31. The molecule has 2 saturated carbocycles. The van der Waals surface area contributed by atoms with E-state index in [1.54, 1.807) is 0 Å². The van der Waals surface area contributed by atoms with Crippen molar-refractivity contribution in [3.63, 3.8) is 0 Å². The second kappa shape index (κ2) is 6.67. The van der Waals surface area contributed by atoms with Crippen LogP contribution in [0.3, 0.4) is 0 Å². The van der Waals surface area contributed by atoms with E-state index in [4.69, 9.17) is 5.73 Å². The van der Waals surface area contributed by atoms with Crippen molar-refractivity contribution in [2.75, 3.05) is 7.05 Å². The lowest BCUT2D eigenvalue weighted by atomic mass is 9.84. The predicted octanol–water partition coefficient (Wildman–Crippen LogP) is 3.20. The van der Waals surface area contributed by atoms with E-state index in [1.165, 1.54) is 12.8 Å². The summed E-state index contributed by atoms with van der Waals surface area (Å²) in [5.74, 6) is 1.37. The Kier molecular flexibility index (Phi) is 5.33. The van der Waals surface area contributed by atoms with Crippen molar-refractivity contribution >= 4 is 34.2 Å². The van der Waals surface area contributed by atoms with Crippen molar-refractivity contribution in [3.05, 3.63) is 34.3 Å². The van der Waals surface area contributed by atoms with Gasteiger partial charge in [0.15, 0.2) is 0 Å². The van der Waals surface area contributed by atoms with Gasteiger partial charge >= 0.3 is 0 Å². The molecule has 116 valence electrons. The summed E-state index contributed by atoms with van der Waals surface area (Å²) in [5, 5.41) is 0. The molecule has 3 nitrogen and oxygen atoms in total. The molecule has 0 aromatic heterocycles. The highest BCUT2D eigenvalue weighted by Gasteiger charge is 2.49. The van der Waals surface area contributed by atoms with Gasteiger partial charge in [0.25, 0.3) is 0 Å². The van der Waals surface area contributed by atoms with Crippen molar-refractivity contribution in [2.24, 2.45) is 23.5 Å². The number of rotatable bonds is 3. The molecule has 0 spiro atoms. The van der Waals surface area contributed by atoms with E-state index in [-0.39, 0.29) is 30.3 Å². The lowest BCUT2D eigenvalue weighted by Gasteiger charge is -2.30. The Morgan fingerprint density at radius 2 is 2.10 bits per heavy atom. The number of hydrogen-bond acceptors (Lipinski definition) is 2. The van der Waals surface area contributed by atoms with Gasteiger partial charge < -0.3 is 10.6 Å². The van der Waals surface area contributed by atoms with Gasteiger partial charge in [0, 0.05) is 24.1 Å². The van der Waals surface area contributed by atoms with Gasteiger partial charge in [-0.15, -0.1) is 12.4 Å². The molecule has 21 heavy (non-hydrogen) atoms. The molecule has 3 rings (SSSR count). The van der Waals surface area contributed by atoms with Crippen LogP contribution in [0.5, 0.6) is 0 Å². The normalized spacial score (nSPS) is 30.0. The van der Waals surface area contributed by atoms with Crippen LogP contribution < -0.4 is 5.73 Å². The van der Waals surface area contributed by atoms with E-state index >= 15 is 0 Å². The number of fused-ring (bicyclic) bond motifs is 2. The zero-order valence-electron chi connectivity index (χ0n) is 12.2. The van der Waals surface area contributed by atoms with Gasteiger partial charge in [-0.05, 0) is 48.8 Å². The smallest absolute Gasteiger partial charge is 0.227 e. The molecule has 2 aliphatic carbocycles. The van der Waals surface area contributed by atoms with E-state index in [0.29, 0.717) is 18.4 Å². The number of carbonyl (C=O) groups is 1. The zero-order chi connectivity index (χ0) is 14.3. The molecule has 5 heteroatoms. The lowest BCUT2D eigenvalue weighted by Crippen LogP contribution is -2.45. The lowest BCUT2D eigenvalue weighted by molar-refractivity contribution is -0.137. The van der Waals surface area contributed by atoms with Crippen LogP contribution in [0.1, 0.15) is 24.8 Å². The highest BCUT2D eigenvalue weighted by molar-refractivity contribution is 9.10. The first kappa shape index (κ1) is 16.8. The molecule has 2 N–H and O–H groups in total.